The third-order valence-corrected chi connectivity index (χ3v) is 4.28. The summed E-state index contributed by atoms with van der Waals surface area (Å²) in [7, 11) is 0. The van der Waals surface area contributed by atoms with Crippen molar-refractivity contribution in [1.29, 1.82) is 0 Å². The molecular formula is C15H16N2O. The second-order valence-corrected chi connectivity index (χ2v) is 5.34. The Kier molecular flexibility index (Phi) is 2.19. The minimum Gasteiger partial charge on any atom is -0.465 e. The molecule has 4 rings (SSSR count). The van der Waals surface area contributed by atoms with Crippen LogP contribution in [0.4, 0.5) is 5.69 Å². The van der Waals surface area contributed by atoms with Crippen molar-refractivity contribution in [3.05, 3.63) is 42.5 Å². The molecule has 18 heavy (non-hydrogen) atoms. The van der Waals surface area contributed by atoms with E-state index in [1.165, 1.54) is 6.42 Å². The van der Waals surface area contributed by atoms with Gasteiger partial charge in [0.25, 0.3) is 6.02 Å². The van der Waals surface area contributed by atoms with Crippen LogP contribution in [-0.2, 0) is 4.74 Å². The summed E-state index contributed by atoms with van der Waals surface area (Å²) in [6.45, 7) is 0.800. The quantitative estimate of drug-likeness (QED) is 0.766. The lowest BCUT2D eigenvalue weighted by molar-refractivity contribution is 0.177. The van der Waals surface area contributed by atoms with Gasteiger partial charge in [-0.1, -0.05) is 30.4 Å². The van der Waals surface area contributed by atoms with Crippen molar-refractivity contribution in [2.45, 2.75) is 12.5 Å². The number of hydrogen-bond acceptors (Lipinski definition) is 3. The van der Waals surface area contributed by atoms with Gasteiger partial charge in [-0.05, 0) is 24.5 Å². The second kappa shape index (κ2) is 3.87. The number of fused-ring (bicyclic) bond motifs is 5. The number of para-hydroxylation sites is 1. The average molecular weight is 240 g/mol. The highest BCUT2D eigenvalue weighted by atomic mass is 16.5. The molecule has 4 unspecified atom stereocenters. The number of nitrogens with zero attached hydrogens (tertiary/aromatic N) is 1. The monoisotopic (exact) mass is 240 g/mol. The number of ether oxygens (including phenoxy) is 1. The molecule has 3 nitrogen and oxygen atoms in total. The lowest BCUT2D eigenvalue weighted by atomic mass is 9.89. The molecule has 3 aliphatic rings. The first-order valence-corrected chi connectivity index (χ1v) is 6.61. The molecule has 2 aliphatic carbocycles. The van der Waals surface area contributed by atoms with Crippen LogP contribution in [0.15, 0.2) is 47.5 Å². The van der Waals surface area contributed by atoms with Crippen LogP contribution < -0.4 is 5.32 Å². The van der Waals surface area contributed by atoms with E-state index in [4.69, 9.17) is 9.73 Å². The molecule has 0 aromatic heterocycles. The molecule has 0 radical (unpaired) electrons. The highest BCUT2D eigenvalue weighted by Crippen LogP contribution is 2.46. The van der Waals surface area contributed by atoms with E-state index in [0.717, 1.165) is 12.3 Å². The number of aliphatic imine (C=N–C) groups is 1. The molecule has 1 fully saturated rings. The zero-order valence-corrected chi connectivity index (χ0v) is 10.1. The van der Waals surface area contributed by atoms with Crippen molar-refractivity contribution in [1.82, 2.24) is 0 Å². The van der Waals surface area contributed by atoms with Gasteiger partial charge in [-0.15, -0.1) is 0 Å². The van der Waals surface area contributed by atoms with Crippen molar-refractivity contribution >= 4 is 11.7 Å². The Morgan fingerprint density at radius 2 is 1.94 bits per heavy atom. The van der Waals surface area contributed by atoms with E-state index in [1.807, 2.05) is 30.3 Å². The number of benzene rings is 1. The molecule has 2 bridgehead atoms. The smallest absolute Gasteiger partial charge is 0.289 e. The van der Waals surface area contributed by atoms with Crippen molar-refractivity contribution in [2.24, 2.45) is 22.7 Å². The zero-order chi connectivity index (χ0) is 11.9. The molecule has 4 atom stereocenters. The van der Waals surface area contributed by atoms with Crippen LogP contribution in [0.5, 0.6) is 0 Å². The van der Waals surface area contributed by atoms with E-state index in [2.05, 4.69) is 17.5 Å². The van der Waals surface area contributed by atoms with Gasteiger partial charge in [0.05, 0.1) is 12.6 Å². The lowest BCUT2D eigenvalue weighted by Crippen LogP contribution is -2.36. The number of anilines is 1. The maximum Gasteiger partial charge on any atom is 0.289 e. The first-order valence-electron chi connectivity index (χ1n) is 6.61. The molecule has 1 aromatic carbocycles. The van der Waals surface area contributed by atoms with Gasteiger partial charge >= 0.3 is 0 Å². The Morgan fingerprint density at radius 1 is 1.11 bits per heavy atom. The van der Waals surface area contributed by atoms with Gasteiger partial charge < -0.3 is 10.1 Å². The van der Waals surface area contributed by atoms with Crippen LogP contribution in [0.25, 0.3) is 0 Å². The standard InChI is InChI=1S/C15H16N2O/c1-2-4-12(5-3-1)16-15-17-14-11-7-6-10(8-11)13(14)9-18-15/h1-7,10-11,13-14H,8-9H2,(H,16,17). The Labute approximate surface area is 107 Å². The number of amidine groups is 1. The summed E-state index contributed by atoms with van der Waals surface area (Å²) in [4.78, 5) is 4.75. The van der Waals surface area contributed by atoms with Gasteiger partial charge in [0.2, 0.25) is 0 Å². The average Bonchev–Trinajstić information content (AvgIpc) is 3.01. The Bertz CT molecular complexity index is 508. The minimum atomic E-state index is 0.431. The molecule has 1 N–H and O–H groups in total. The maximum absolute atomic E-state index is 5.75. The van der Waals surface area contributed by atoms with Crippen LogP contribution in [0.2, 0.25) is 0 Å². The van der Waals surface area contributed by atoms with Crippen LogP contribution in [0.1, 0.15) is 6.42 Å². The van der Waals surface area contributed by atoms with Gasteiger partial charge in [-0.25, -0.2) is 4.99 Å². The van der Waals surface area contributed by atoms with Crippen LogP contribution >= 0.6 is 0 Å². The van der Waals surface area contributed by atoms with Crippen LogP contribution in [-0.4, -0.2) is 18.7 Å². The summed E-state index contributed by atoms with van der Waals surface area (Å²) in [5.41, 5.74) is 1.04. The topological polar surface area (TPSA) is 33.6 Å². The normalized spacial score (nSPS) is 35.9. The van der Waals surface area contributed by atoms with Gasteiger partial charge in [-0.3, -0.25) is 0 Å². The van der Waals surface area contributed by atoms with E-state index in [-0.39, 0.29) is 0 Å². The van der Waals surface area contributed by atoms with Crippen molar-refractivity contribution in [2.75, 3.05) is 11.9 Å². The molecule has 1 aliphatic heterocycles. The molecular weight excluding hydrogens is 224 g/mol. The lowest BCUT2D eigenvalue weighted by Gasteiger charge is -2.30. The Morgan fingerprint density at radius 3 is 2.83 bits per heavy atom. The fourth-order valence-electron chi connectivity index (χ4n) is 3.37. The highest BCUT2D eigenvalue weighted by Gasteiger charge is 2.46. The van der Waals surface area contributed by atoms with Gasteiger partial charge in [0.15, 0.2) is 0 Å². The highest BCUT2D eigenvalue weighted by molar-refractivity contribution is 5.89. The van der Waals surface area contributed by atoms with Gasteiger partial charge in [-0.2, -0.15) is 0 Å². The number of nitrogens with one attached hydrogen (secondary N) is 1. The predicted molar refractivity (Wildman–Crippen MR) is 71.5 cm³/mol. The maximum atomic E-state index is 5.75. The van der Waals surface area contributed by atoms with E-state index in [0.29, 0.717) is 29.8 Å². The van der Waals surface area contributed by atoms with Crippen molar-refractivity contribution in [3.63, 3.8) is 0 Å². The van der Waals surface area contributed by atoms with E-state index in [1.54, 1.807) is 0 Å². The molecule has 92 valence electrons. The fraction of sp³-hybridized carbons (Fsp3) is 0.400. The molecule has 0 spiro atoms. The fourth-order valence-corrected chi connectivity index (χ4v) is 3.37. The summed E-state index contributed by atoms with van der Waals surface area (Å²) < 4.78 is 5.75. The summed E-state index contributed by atoms with van der Waals surface area (Å²) >= 11 is 0. The van der Waals surface area contributed by atoms with E-state index >= 15 is 0 Å². The zero-order valence-electron chi connectivity index (χ0n) is 10.1. The van der Waals surface area contributed by atoms with Crippen molar-refractivity contribution < 1.29 is 4.74 Å². The third-order valence-electron chi connectivity index (χ3n) is 4.28. The SMILES string of the molecule is C1=CC2CC1C1COC(Nc3ccccc3)=NC21. The first kappa shape index (κ1) is 10.2. The number of rotatable bonds is 1. The molecule has 0 amide bonds. The summed E-state index contributed by atoms with van der Waals surface area (Å²) in [6, 6.07) is 11.2. The number of hydrogen-bond donors (Lipinski definition) is 1. The van der Waals surface area contributed by atoms with Gasteiger partial charge in [0, 0.05) is 17.5 Å². The van der Waals surface area contributed by atoms with Gasteiger partial charge in [0.1, 0.15) is 0 Å². The van der Waals surface area contributed by atoms with E-state index < -0.39 is 0 Å². The number of allylic oxidation sites excluding steroid dienone is 1. The Hall–Kier alpha value is -1.77. The Balaban J connectivity index is 1.55. The molecule has 1 aromatic rings. The molecule has 3 heteroatoms. The van der Waals surface area contributed by atoms with Crippen LogP contribution in [0.3, 0.4) is 0 Å². The minimum absolute atomic E-state index is 0.431. The molecule has 0 saturated heterocycles. The van der Waals surface area contributed by atoms with Crippen LogP contribution in [0, 0.1) is 17.8 Å². The molecule has 1 saturated carbocycles. The second-order valence-electron chi connectivity index (χ2n) is 5.34. The van der Waals surface area contributed by atoms with E-state index in [9.17, 15) is 0 Å². The summed E-state index contributed by atoms with van der Waals surface area (Å²) in [5, 5.41) is 3.26. The third kappa shape index (κ3) is 1.54. The summed E-state index contributed by atoms with van der Waals surface area (Å²) in [5.74, 6) is 1.93. The first-order chi connectivity index (χ1) is 8.90. The summed E-state index contributed by atoms with van der Waals surface area (Å²) in [6.07, 6.45) is 5.95. The van der Waals surface area contributed by atoms with Crippen molar-refractivity contribution in [3.8, 4) is 0 Å². The molecule has 1 heterocycles. The largest absolute Gasteiger partial charge is 0.465 e. The predicted octanol–water partition coefficient (Wildman–Crippen LogP) is 2.68.